The summed E-state index contributed by atoms with van der Waals surface area (Å²) in [6.45, 7) is 0. The Morgan fingerprint density at radius 1 is 1.07 bits per heavy atom. The third-order valence-electron chi connectivity index (χ3n) is 2.14. The van der Waals surface area contributed by atoms with Crippen LogP contribution in [0.1, 0.15) is 0 Å². The zero-order valence-corrected chi connectivity index (χ0v) is 16.7. The third-order valence-corrected chi connectivity index (χ3v) is 3.25. The minimum Gasteiger partial charge on any atom is -0.358 e. The van der Waals surface area contributed by atoms with E-state index in [2.05, 4.69) is 36.4 Å². The van der Waals surface area contributed by atoms with E-state index in [4.69, 9.17) is 0 Å². The molecule has 0 N–H and O–H groups in total. The molecule has 2 aromatic carbocycles. The summed E-state index contributed by atoms with van der Waals surface area (Å²) in [5, 5.41) is 2.52. The fourth-order valence-electron chi connectivity index (χ4n) is 1.55. The van der Waals surface area contributed by atoms with Crippen LogP contribution >= 0.6 is 11.3 Å². The van der Waals surface area contributed by atoms with Crippen molar-refractivity contribution in [2.24, 2.45) is 0 Å². The van der Waals surface area contributed by atoms with Crippen LogP contribution in [0.4, 0.5) is 0 Å². The van der Waals surface area contributed by atoms with E-state index in [0.29, 0.717) is 0 Å². The van der Waals surface area contributed by atoms with E-state index in [0.717, 1.165) is 0 Å². The van der Waals surface area contributed by atoms with Gasteiger partial charge >= 0.3 is 58.2 Å². The van der Waals surface area contributed by atoms with Crippen molar-refractivity contribution in [3.8, 4) is 0 Å². The van der Waals surface area contributed by atoms with Crippen LogP contribution in [-0.2, 0) is 20.4 Å². The molecule has 0 fully saturated rings. The van der Waals surface area contributed by atoms with Crippen molar-refractivity contribution >= 4 is 31.5 Å². The van der Waals surface area contributed by atoms with Gasteiger partial charge in [0, 0.05) is 25.1 Å². The fraction of sp³-hybridized carbons (Fsp3) is 0. The summed E-state index contributed by atoms with van der Waals surface area (Å²) in [6.07, 6.45) is 0. The number of hydrogen-bond acceptors (Lipinski definition) is 1. The molecule has 0 atom stereocenters. The Morgan fingerprint density at radius 3 is 2.73 bits per heavy atom. The molecule has 0 aliphatic rings. The van der Waals surface area contributed by atoms with Crippen LogP contribution in [0.3, 0.4) is 0 Å². The van der Waals surface area contributed by atoms with Gasteiger partial charge in [0.15, 0.2) is 0 Å². The van der Waals surface area contributed by atoms with E-state index >= 15 is 0 Å². The Bertz CT molecular complexity index is 523. The van der Waals surface area contributed by atoms with E-state index in [1.54, 1.807) is 11.3 Å². The predicted octanol–water partition coefficient (Wildman–Crippen LogP) is 0.656. The molecular formula is C12H6RbReS-. The van der Waals surface area contributed by atoms with Gasteiger partial charge in [0.25, 0.3) is 0 Å². The number of rotatable bonds is 0. The Hall–Kier alpha value is 1.13. The molecular weight excluding hydrogens is 448 g/mol. The van der Waals surface area contributed by atoms with Crippen molar-refractivity contribution in [1.29, 1.82) is 0 Å². The standard InChI is InChI=1S/C12H6S.Rb.Re/c1-3-7-11-9(5-1)10-6-2-4-8-12(10)13-11;;/h1-3,5,7-8H;;/q-2;+1;. The minimum atomic E-state index is 0. The summed E-state index contributed by atoms with van der Waals surface area (Å²) in [5.74, 6) is 0. The first-order valence-electron chi connectivity index (χ1n) is 4.14. The normalized spacial score (nSPS) is 9.60. The molecule has 0 bridgehead atoms. The molecule has 0 spiro atoms. The van der Waals surface area contributed by atoms with Gasteiger partial charge < -0.3 is 18.2 Å². The Morgan fingerprint density at radius 2 is 1.87 bits per heavy atom. The molecule has 15 heavy (non-hydrogen) atoms. The van der Waals surface area contributed by atoms with Crippen molar-refractivity contribution in [1.82, 2.24) is 0 Å². The second-order valence-electron chi connectivity index (χ2n) is 2.94. The zero-order valence-electron chi connectivity index (χ0n) is 8.25. The van der Waals surface area contributed by atoms with Gasteiger partial charge in [-0.05, 0) is 11.5 Å². The topological polar surface area (TPSA) is 0 Å². The van der Waals surface area contributed by atoms with Crippen LogP contribution in [0, 0.1) is 12.1 Å². The summed E-state index contributed by atoms with van der Waals surface area (Å²) in [7, 11) is 0. The molecule has 0 aliphatic carbocycles. The summed E-state index contributed by atoms with van der Waals surface area (Å²) in [5.41, 5.74) is 0. The molecule has 0 amide bonds. The van der Waals surface area contributed by atoms with Gasteiger partial charge in [-0.15, -0.1) is 0 Å². The Kier molecular flexibility index (Phi) is 5.83. The average Bonchev–Trinajstić information content (AvgIpc) is 2.56. The van der Waals surface area contributed by atoms with E-state index in [1.165, 1.54) is 20.2 Å². The molecule has 3 rings (SSSR count). The van der Waals surface area contributed by atoms with Crippen LogP contribution < -0.4 is 58.2 Å². The van der Waals surface area contributed by atoms with Gasteiger partial charge in [-0.25, -0.2) is 5.39 Å². The maximum atomic E-state index is 3.23. The molecule has 69 valence electrons. The van der Waals surface area contributed by atoms with E-state index in [-0.39, 0.29) is 78.6 Å². The number of fused-ring (bicyclic) bond motifs is 3. The maximum absolute atomic E-state index is 3.23. The van der Waals surface area contributed by atoms with Gasteiger partial charge in [-0.1, -0.05) is 18.2 Å². The van der Waals surface area contributed by atoms with Crippen LogP contribution in [0.25, 0.3) is 20.2 Å². The van der Waals surface area contributed by atoms with Crippen molar-refractivity contribution in [3.63, 3.8) is 0 Å². The quantitative estimate of drug-likeness (QED) is 0.439. The van der Waals surface area contributed by atoms with Gasteiger partial charge in [-0.3, -0.25) is 17.4 Å². The van der Waals surface area contributed by atoms with E-state index < -0.39 is 0 Å². The van der Waals surface area contributed by atoms with Crippen LogP contribution in [-0.4, -0.2) is 0 Å². The number of thiophene rings is 1. The second-order valence-corrected chi connectivity index (χ2v) is 4.02. The van der Waals surface area contributed by atoms with Crippen molar-refractivity contribution in [2.45, 2.75) is 0 Å². The van der Waals surface area contributed by atoms with Crippen LogP contribution in [0.2, 0.25) is 0 Å². The van der Waals surface area contributed by atoms with Gasteiger partial charge in [0.1, 0.15) is 0 Å². The fourth-order valence-corrected chi connectivity index (χ4v) is 2.61. The van der Waals surface area contributed by atoms with Gasteiger partial charge in [0.2, 0.25) is 0 Å². The van der Waals surface area contributed by atoms with E-state index in [1.807, 2.05) is 12.1 Å². The largest absolute Gasteiger partial charge is 1.00 e. The number of benzene rings is 2. The first-order chi connectivity index (χ1) is 6.45. The molecule has 0 unspecified atom stereocenters. The SMILES string of the molecule is [Rb+].[Re].[c-]1c[c-]c2c(c1)sc1ccccc12. The third kappa shape index (κ3) is 2.69. The molecule has 0 saturated heterocycles. The Labute approximate surface area is 156 Å². The van der Waals surface area contributed by atoms with Gasteiger partial charge in [-0.2, -0.15) is 4.70 Å². The van der Waals surface area contributed by atoms with E-state index in [9.17, 15) is 0 Å². The summed E-state index contributed by atoms with van der Waals surface area (Å²) < 4.78 is 2.59. The zero-order chi connectivity index (χ0) is 8.67. The van der Waals surface area contributed by atoms with Gasteiger partial charge in [0.05, 0.1) is 0 Å². The molecule has 3 aromatic rings. The van der Waals surface area contributed by atoms with Crippen molar-refractivity contribution < 1.29 is 78.6 Å². The molecule has 1 aromatic heterocycles. The minimum absolute atomic E-state index is 0. The molecule has 3 heteroatoms. The summed E-state index contributed by atoms with van der Waals surface area (Å²) in [4.78, 5) is 0. The average molecular weight is 454 g/mol. The predicted molar refractivity (Wildman–Crippen MR) is 57.0 cm³/mol. The monoisotopic (exact) mass is 454 g/mol. The molecule has 0 aliphatic heterocycles. The van der Waals surface area contributed by atoms with Crippen molar-refractivity contribution in [2.75, 3.05) is 0 Å². The smallest absolute Gasteiger partial charge is 0.358 e. The van der Waals surface area contributed by atoms with Crippen LogP contribution in [0.5, 0.6) is 0 Å². The molecule has 0 saturated carbocycles. The maximum Gasteiger partial charge on any atom is 1.00 e. The number of hydrogen-bond donors (Lipinski definition) is 0. The summed E-state index contributed by atoms with van der Waals surface area (Å²) >= 11 is 1.80. The molecule has 0 nitrogen and oxygen atoms in total. The Balaban J connectivity index is 0.000000562. The first-order valence-corrected chi connectivity index (χ1v) is 4.96. The molecule has 1 radical (unpaired) electrons. The second kappa shape index (κ2) is 6.17. The summed E-state index contributed by atoms with van der Waals surface area (Å²) in [6, 6.07) is 18.6. The first kappa shape index (κ1) is 14.2. The van der Waals surface area contributed by atoms with Crippen LogP contribution in [0.15, 0.2) is 36.4 Å². The van der Waals surface area contributed by atoms with Crippen molar-refractivity contribution in [3.05, 3.63) is 48.5 Å². The molecule has 1 heterocycles.